The van der Waals surface area contributed by atoms with Gasteiger partial charge in [0, 0.05) is 31.1 Å². The summed E-state index contributed by atoms with van der Waals surface area (Å²) in [6, 6.07) is 4.01. The minimum Gasteiger partial charge on any atom is -0.383 e. The van der Waals surface area contributed by atoms with Crippen molar-refractivity contribution >= 4 is 23.2 Å². The van der Waals surface area contributed by atoms with E-state index >= 15 is 0 Å². The van der Waals surface area contributed by atoms with Crippen molar-refractivity contribution in [3.05, 3.63) is 21.9 Å². The molecule has 2 atom stereocenters. The number of rotatable bonds is 5. The Morgan fingerprint density at radius 1 is 1.41 bits per heavy atom. The maximum absolute atomic E-state index is 12.6. The lowest BCUT2D eigenvalue weighted by atomic mass is 9.92. The van der Waals surface area contributed by atoms with Gasteiger partial charge in [-0.05, 0) is 38.8 Å². The lowest BCUT2D eigenvalue weighted by Crippen LogP contribution is -2.49. The van der Waals surface area contributed by atoms with Gasteiger partial charge in [0.15, 0.2) is 0 Å². The molecule has 2 heterocycles. The highest BCUT2D eigenvalue weighted by atomic mass is 32.1. The number of carbonyl (C=O) groups excluding carboxylic acids is 2. The Morgan fingerprint density at radius 2 is 2.18 bits per heavy atom. The summed E-state index contributed by atoms with van der Waals surface area (Å²) in [6.45, 7) is 5.56. The van der Waals surface area contributed by atoms with Crippen LogP contribution in [0.25, 0.3) is 0 Å². The zero-order chi connectivity index (χ0) is 16.1. The SMILES string of the molecule is COCCNC(=O)[C@H]1CC[C@H](C)N(C(=O)c2ccc(C)s2)C1. The number of nitrogens with zero attached hydrogens (tertiary/aromatic N) is 1. The lowest BCUT2D eigenvalue weighted by molar-refractivity contribution is -0.126. The number of piperidine rings is 1. The molecule has 0 bridgehead atoms. The third-order valence-corrected chi connectivity index (χ3v) is 5.06. The third-order valence-electron chi connectivity index (χ3n) is 4.07. The van der Waals surface area contributed by atoms with Crippen molar-refractivity contribution in [3.8, 4) is 0 Å². The molecular formula is C16H24N2O3S. The maximum atomic E-state index is 12.6. The average molecular weight is 324 g/mol. The van der Waals surface area contributed by atoms with E-state index in [4.69, 9.17) is 4.74 Å². The molecule has 0 unspecified atom stereocenters. The molecule has 6 heteroatoms. The highest BCUT2D eigenvalue weighted by molar-refractivity contribution is 7.13. The number of nitrogens with one attached hydrogen (secondary N) is 1. The Labute approximate surface area is 135 Å². The third kappa shape index (κ3) is 4.08. The van der Waals surface area contributed by atoms with Crippen LogP contribution in [0.4, 0.5) is 0 Å². The molecule has 5 nitrogen and oxygen atoms in total. The standard InChI is InChI=1S/C16H24N2O3S/c1-11-4-6-13(15(19)17-8-9-21-3)10-18(11)16(20)14-7-5-12(2)22-14/h5,7,11,13H,4,6,8-10H2,1-3H3,(H,17,19)/t11-,13-/m0/s1. The number of hydrogen-bond donors (Lipinski definition) is 1. The van der Waals surface area contributed by atoms with E-state index in [1.165, 1.54) is 11.3 Å². The van der Waals surface area contributed by atoms with Gasteiger partial charge in [0.1, 0.15) is 0 Å². The minimum absolute atomic E-state index is 0.0177. The highest BCUT2D eigenvalue weighted by Crippen LogP contribution is 2.26. The monoisotopic (exact) mass is 324 g/mol. The van der Waals surface area contributed by atoms with Gasteiger partial charge in [-0.1, -0.05) is 0 Å². The van der Waals surface area contributed by atoms with Crippen molar-refractivity contribution in [2.75, 3.05) is 26.8 Å². The molecule has 0 aliphatic carbocycles. The van der Waals surface area contributed by atoms with Gasteiger partial charge in [-0.3, -0.25) is 9.59 Å². The first kappa shape index (κ1) is 17.0. The van der Waals surface area contributed by atoms with Crippen LogP contribution >= 0.6 is 11.3 Å². The second-order valence-electron chi connectivity index (χ2n) is 5.77. The number of carbonyl (C=O) groups is 2. The molecule has 0 saturated carbocycles. The molecule has 1 aromatic rings. The van der Waals surface area contributed by atoms with Gasteiger partial charge in [0.05, 0.1) is 17.4 Å². The highest BCUT2D eigenvalue weighted by Gasteiger charge is 2.33. The van der Waals surface area contributed by atoms with Crippen molar-refractivity contribution in [1.29, 1.82) is 0 Å². The summed E-state index contributed by atoms with van der Waals surface area (Å²) < 4.78 is 4.94. The Hall–Kier alpha value is -1.40. The zero-order valence-electron chi connectivity index (χ0n) is 13.4. The molecule has 1 N–H and O–H groups in total. The van der Waals surface area contributed by atoms with Crippen molar-refractivity contribution in [2.24, 2.45) is 5.92 Å². The molecule has 0 aromatic carbocycles. The molecular weight excluding hydrogens is 300 g/mol. The number of amides is 2. The number of aryl methyl sites for hydroxylation is 1. The Balaban J connectivity index is 1.98. The van der Waals surface area contributed by atoms with E-state index < -0.39 is 0 Å². The average Bonchev–Trinajstić information content (AvgIpc) is 2.93. The van der Waals surface area contributed by atoms with Crippen LogP contribution in [0.1, 0.15) is 34.3 Å². The van der Waals surface area contributed by atoms with Crippen molar-refractivity contribution in [3.63, 3.8) is 0 Å². The van der Waals surface area contributed by atoms with E-state index in [0.717, 1.165) is 22.6 Å². The first-order valence-corrected chi connectivity index (χ1v) is 8.48. The predicted octanol–water partition coefficient (Wildman–Crippen LogP) is 2.06. The van der Waals surface area contributed by atoms with Crippen LogP contribution in [0.3, 0.4) is 0 Å². The second-order valence-corrected chi connectivity index (χ2v) is 7.06. The molecule has 2 amide bonds. The van der Waals surface area contributed by atoms with Gasteiger partial charge in [-0.2, -0.15) is 0 Å². The van der Waals surface area contributed by atoms with Gasteiger partial charge in [-0.25, -0.2) is 0 Å². The molecule has 1 aliphatic rings. The van der Waals surface area contributed by atoms with E-state index in [1.54, 1.807) is 7.11 Å². The second kappa shape index (κ2) is 7.74. The quantitative estimate of drug-likeness (QED) is 0.844. The van der Waals surface area contributed by atoms with Gasteiger partial charge in [-0.15, -0.1) is 11.3 Å². The fourth-order valence-corrected chi connectivity index (χ4v) is 3.54. The van der Waals surface area contributed by atoms with Crippen LogP contribution in [0.15, 0.2) is 12.1 Å². The lowest BCUT2D eigenvalue weighted by Gasteiger charge is -2.37. The van der Waals surface area contributed by atoms with Gasteiger partial charge < -0.3 is 15.0 Å². The Bertz CT molecular complexity index is 529. The first-order valence-electron chi connectivity index (χ1n) is 7.67. The van der Waals surface area contributed by atoms with Crippen molar-refractivity contribution < 1.29 is 14.3 Å². The number of ether oxygens (including phenoxy) is 1. The van der Waals surface area contributed by atoms with Crippen LogP contribution in [-0.2, 0) is 9.53 Å². The van der Waals surface area contributed by atoms with Crippen LogP contribution in [-0.4, -0.2) is 49.6 Å². The topological polar surface area (TPSA) is 58.6 Å². The van der Waals surface area contributed by atoms with Crippen LogP contribution in [0, 0.1) is 12.8 Å². The summed E-state index contributed by atoms with van der Waals surface area (Å²) in [7, 11) is 1.61. The Morgan fingerprint density at radius 3 is 2.82 bits per heavy atom. The maximum Gasteiger partial charge on any atom is 0.264 e. The van der Waals surface area contributed by atoms with Crippen LogP contribution < -0.4 is 5.32 Å². The largest absolute Gasteiger partial charge is 0.383 e. The van der Waals surface area contributed by atoms with E-state index in [9.17, 15) is 9.59 Å². The number of methoxy groups -OCH3 is 1. The normalized spacial score (nSPS) is 21.7. The fraction of sp³-hybridized carbons (Fsp3) is 0.625. The summed E-state index contributed by atoms with van der Waals surface area (Å²) >= 11 is 1.51. The molecule has 122 valence electrons. The van der Waals surface area contributed by atoms with Crippen molar-refractivity contribution in [2.45, 2.75) is 32.7 Å². The van der Waals surface area contributed by atoms with Gasteiger partial charge in [0.2, 0.25) is 5.91 Å². The summed E-state index contributed by atoms with van der Waals surface area (Å²) in [5.41, 5.74) is 0. The summed E-state index contributed by atoms with van der Waals surface area (Å²) in [6.07, 6.45) is 1.69. The first-order chi connectivity index (χ1) is 10.5. The molecule has 1 aliphatic heterocycles. The molecule has 1 fully saturated rings. The molecule has 1 saturated heterocycles. The van der Waals surface area contributed by atoms with Gasteiger partial charge >= 0.3 is 0 Å². The molecule has 22 heavy (non-hydrogen) atoms. The number of likely N-dealkylation sites (tertiary alicyclic amines) is 1. The molecule has 0 radical (unpaired) electrons. The molecule has 0 spiro atoms. The van der Waals surface area contributed by atoms with Crippen LogP contribution in [0.5, 0.6) is 0 Å². The summed E-state index contributed by atoms with van der Waals surface area (Å²) in [5.74, 6) is -0.0674. The zero-order valence-corrected chi connectivity index (χ0v) is 14.2. The molecule has 1 aromatic heterocycles. The van der Waals surface area contributed by atoms with Gasteiger partial charge in [0.25, 0.3) is 5.91 Å². The predicted molar refractivity (Wildman–Crippen MR) is 87.2 cm³/mol. The van der Waals surface area contributed by atoms with E-state index in [2.05, 4.69) is 12.2 Å². The summed E-state index contributed by atoms with van der Waals surface area (Å²) in [5, 5.41) is 2.87. The molecule has 2 rings (SSSR count). The minimum atomic E-state index is -0.127. The fourth-order valence-electron chi connectivity index (χ4n) is 2.72. The van der Waals surface area contributed by atoms with E-state index in [-0.39, 0.29) is 23.8 Å². The smallest absolute Gasteiger partial charge is 0.264 e. The number of hydrogen-bond acceptors (Lipinski definition) is 4. The van der Waals surface area contributed by atoms with E-state index in [1.807, 2.05) is 24.0 Å². The Kier molecular flexibility index (Phi) is 5.97. The van der Waals surface area contributed by atoms with E-state index in [0.29, 0.717) is 19.7 Å². The van der Waals surface area contributed by atoms with Crippen molar-refractivity contribution in [1.82, 2.24) is 10.2 Å². The summed E-state index contributed by atoms with van der Waals surface area (Å²) in [4.78, 5) is 28.5. The van der Waals surface area contributed by atoms with Crippen LogP contribution in [0.2, 0.25) is 0 Å². The number of thiophene rings is 1.